The van der Waals surface area contributed by atoms with E-state index < -0.39 is 0 Å². The van der Waals surface area contributed by atoms with E-state index in [2.05, 4.69) is 10.1 Å². The van der Waals surface area contributed by atoms with Gasteiger partial charge in [-0.25, -0.2) is 0 Å². The van der Waals surface area contributed by atoms with E-state index in [1.165, 1.54) is 12.1 Å². The van der Waals surface area contributed by atoms with Gasteiger partial charge in [-0.05, 0) is 12.1 Å². The van der Waals surface area contributed by atoms with Crippen LogP contribution in [-0.4, -0.2) is 16.4 Å². The predicted molar refractivity (Wildman–Crippen MR) is 74.6 cm³/mol. The SMILES string of the molecule is CC(C)c1noc(COc2c(Cl)cc(Cl)cc2C=O)n1. The van der Waals surface area contributed by atoms with Gasteiger partial charge < -0.3 is 9.26 Å². The maximum Gasteiger partial charge on any atom is 0.264 e. The zero-order valence-electron chi connectivity index (χ0n) is 10.9. The highest BCUT2D eigenvalue weighted by molar-refractivity contribution is 6.36. The maximum atomic E-state index is 11.0. The molecule has 0 bridgehead atoms. The third-order valence-electron chi connectivity index (χ3n) is 2.50. The van der Waals surface area contributed by atoms with Gasteiger partial charge in [-0.3, -0.25) is 4.79 Å². The predicted octanol–water partition coefficient (Wildman–Crippen LogP) is 3.89. The van der Waals surface area contributed by atoms with E-state index in [1.807, 2.05) is 13.8 Å². The van der Waals surface area contributed by atoms with Crippen molar-refractivity contribution in [1.82, 2.24) is 10.1 Å². The Morgan fingerprint density at radius 3 is 2.75 bits per heavy atom. The third kappa shape index (κ3) is 3.29. The minimum absolute atomic E-state index is 0.0297. The van der Waals surface area contributed by atoms with E-state index in [1.54, 1.807) is 0 Å². The number of ether oxygens (including phenoxy) is 1. The van der Waals surface area contributed by atoms with Gasteiger partial charge in [-0.15, -0.1) is 0 Å². The first-order valence-electron chi connectivity index (χ1n) is 5.90. The molecule has 1 aromatic heterocycles. The molecule has 0 radical (unpaired) electrons. The first-order valence-corrected chi connectivity index (χ1v) is 6.66. The molecule has 2 aromatic rings. The number of carbonyl (C=O) groups is 1. The van der Waals surface area contributed by atoms with Gasteiger partial charge in [-0.2, -0.15) is 4.98 Å². The van der Waals surface area contributed by atoms with Gasteiger partial charge in [0.2, 0.25) is 0 Å². The summed E-state index contributed by atoms with van der Waals surface area (Å²) in [4.78, 5) is 15.2. The Morgan fingerprint density at radius 2 is 2.15 bits per heavy atom. The molecule has 0 fully saturated rings. The fraction of sp³-hybridized carbons (Fsp3) is 0.308. The molecule has 106 valence electrons. The minimum Gasteiger partial charge on any atom is -0.481 e. The Kier molecular flexibility index (Phi) is 4.62. The Labute approximate surface area is 125 Å². The monoisotopic (exact) mass is 314 g/mol. The molecule has 0 spiro atoms. The number of rotatable bonds is 5. The van der Waals surface area contributed by atoms with E-state index in [0.717, 1.165) is 0 Å². The molecule has 0 aliphatic heterocycles. The fourth-order valence-electron chi connectivity index (χ4n) is 1.52. The lowest BCUT2D eigenvalue weighted by atomic mass is 10.2. The fourth-order valence-corrected chi connectivity index (χ4v) is 2.08. The van der Waals surface area contributed by atoms with E-state index in [0.29, 0.717) is 23.0 Å². The van der Waals surface area contributed by atoms with Crippen molar-refractivity contribution in [2.45, 2.75) is 26.4 Å². The summed E-state index contributed by atoms with van der Waals surface area (Å²) < 4.78 is 10.5. The molecule has 2 rings (SSSR count). The number of carbonyl (C=O) groups excluding carboxylic acids is 1. The van der Waals surface area contributed by atoms with Gasteiger partial charge in [0.1, 0.15) is 5.75 Å². The molecule has 0 unspecified atom stereocenters. The van der Waals surface area contributed by atoms with Gasteiger partial charge in [0.15, 0.2) is 18.7 Å². The molecule has 7 heteroatoms. The van der Waals surface area contributed by atoms with Gasteiger partial charge in [0.05, 0.1) is 10.6 Å². The minimum atomic E-state index is 0.0297. The lowest BCUT2D eigenvalue weighted by Crippen LogP contribution is -2.00. The molecule has 0 atom stereocenters. The van der Waals surface area contributed by atoms with Crippen LogP contribution in [0.4, 0.5) is 0 Å². The average molecular weight is 315 g/mol. The van der Waals surface area contributed by atoms with Gasteiger partial charge in [0.25, 0.3) is 5.89 Å². The summed E-state index contributed by atoms with van der Waals surface area (Å²) in [5.74, 6) is 1.32. The first kappa shape index (κ1) is 14.8. The second-order valence-electron chi connectivity index (χ2n) is 4.41. The number of aldehydes is 1. The van der Waals surface area contributed by atoms with Crippen LogP contribution in [0.15, 0.2) is 16.7 Å². The summed E-state index contributed by atoms with van der Waals surface area (Å²) >= 11 is 11.8. The zero-order chi connectivity index (χ0) is 14.7. The van der Waals surface area contributed by atoms with Crippen LogP contribution in [0.3, 0.4) is 0 Å². The number of hydrogen-bond acceptors (Lipinski definition) is 5. The van der Waals surface area contributed by atoms with Crippen LogP contribution in [0.2, 0.25) is 10.0 Å². The van der Waals surface area contributed by atoms with Crippen molar-refractivity contribution < 1.29 is 14.1 Å². The Balaban J connectivity index is 2.16. The summed E-state index contributed by atoms with van der Waals surface area (Å²) in [6, 6.07) is 2.97. The van der Waals surface area contributed by atoms with Crippen molar-refractivity contribution in [3.63, 3.8) is 0 Å². The van der Waals surface area contributed by atoms with Crippen molar-refractivity contribution in [3.05, 3.63) is 39.5 Å². The summed E-state index contributed by atoms with van der Waals surface area (Å²) in [6.45, 7) is 3.94. The van der Waals surface area contributed by atoms with Crippen LogP contribution < -0.4 is 4.74 Å². The van der Waals surface area contributed by atoms with Crippen molar-refractivity contribution in [2.24, 2.45) is 0 Å². The Morgan fingerprint density at radius 1 is 1.40 bits per heavy atom. The molecular formula is C13H12Cl2N2O3. The molecule has 1 aromatic carbocycles. The van der Waals surface area contributed by atoms with E-state index in [4.69, 9.17) is 32.5 Å². The molecule has 0 amide bonds. The number of aromatic nitrogens is 2. The topological polar surface area (TPSA) is 65.2 Å². The molecule has 0 saturated carbocycles. The summed E-state index contributed by atoms with van der Waals surface area (Å²) in [5, 5.41) is 4.44. The molecule has 1 heterocycles. The largest absolute Gasteiger partial charge is 0.481 e. The summed E-state index contributed by atoms with van der Waals surface area (Å²) in [7, 11) is 0. The average Bonchev–Trinajstić information content (AvgIpc) is 2.85. The number of benzene rings is 1. The van der Waals surface area contributed by atoms with Crippen LogP contribution in [0.1, 0.15) is 41.8 Å². The Bertz CT molecular complexity index is 626. The summed E-state index contributed by atoms with van der Waals surface area (Å²) in [5.41, 5.74) is 0.270. The Hall–Kier alpha value is -1.59. The van der Waals surface area contributed by atoms with Crippen LogP contribution in [0.5, 0.6) is 5.75 Å². The second kappa shape index (κ2) is 6.24. The highest BCUT2D eigenvalue weighted by Gasteiger charge is 2.14. The van der Waals surface area contributed by atoms with Crippen LogP contribution in [0, 0.1) is 0 Å². The number of nitrogens with zero attached hydrogens (tertiary/aromatic N) is 2. The van der Waals surface area contributed by atoms with Crippen molar-refractivity contribution in [2.75, 3.05) is 0 Å². The smallest absolute Gasteiger partial charge is 0.264 e. The molecule has 0 aliphatic rings. The van der Waals surface area contributed by atoms with Crippen LogP contribution in [0.25, 0.3) is 0 Å². The normalized spacial score (nSPS) is 10.8. The lowest BCUT2D eigenvalue weighted by Gasteiger charge is -2.08. The molecule has 20 heavy (non-hydrogen) atoms. The molecule has 0 aliphatic carbocycles. The van der Waals surface area contributed by atoms with E-state index in [9.17, 15) is 4.79 Å². The van der Waals surface area contributed by atoms with Gasteiger partial charge in [0, 0.05) is 10.9 Å². The van der Waals surface area contributed by atoms with Gasteiger partial charge in [-0.1, -0.05) is 42.2 Å². The lowest BCUT2D eigenvalue weighted by molar-refractivity contribution is 0.111. The molecule has 5 nitrogen and oxygen atoms in total. The van der Waals surface area contributed by atoms with Gasteiger partial charge >= 0.3 is 0 Å². The molecule has 0 saturated heterocycles. The number of halogens is 2. The zero-order valence-corrected chi connectivity index (χ0v) is 12.4. The highest BCUT2D eigenvalue weighted by atomic mass is 35.5. The van der Waals surface area contributed by atoms with Crippen molar-refractivity contribution in [1.29, 1.82) is 0 Å². The van der Waals surface area contributed by atoms with Crippen molar-refractivity contribution >= 4 is 29.5 Å². The molecule has 0 N–H and O–H groups in total. The molecular weight excluding hydrogens is 303 g/mol. The first-order chi connectivity index (χ1) is 9.51. The second-order valence-corrected chi connectivity index (χ2v) is 5.26. The summed E-state index contributed by atoms with van der Waals surface area (Å²) in [6.07, 6.45) is 0.625. The van der Waals surface area contributed by atoms with E-state index in [-0.39, 0.29) is 28.9 Å². The highest BCUT2D eigenvalue weighted by Crippen LogP contribution is 2.32. The number of hydrogen-bond donors (Lipinski definition) is 0. The quantitative estimate of drug-likeness (QED) is 0.783. The van der Waals surface area contributed by atoms with Crippen LogP contribution >= 0.6 is 23.2 Å². The van der Waals surface area contributed by atoms with Crippen LogP contribution in [-0.2, 0) is 6.61 Å². The van der Waals surface area contributed by atoms with Crippen molar-refractivity contribution in [3.8, 4) is 5.75 Å². The standard InChI is InChI=1S/C13H12Cl2N2O3/c1-7(2)13-16-11(20-17-13)6-19-12-8(5-18)3-9(14)4-10(12)15/h3-5,7H,6H2,1-2H3. The third-order valence-corrected chi connectivity index (χ3v) is 3.00. The maximum absolute atomic E-state index is 11.0. The van der Waals surface area contributed by atoms with E-state index >= 15 is 0 Å².